The Labute approximate surface area is 89.8 Å². The maximum atomic E-state index is 5.58. The first-order valence-corrected chi connectivity index (χ1v) is 5.98. The van der Waals surface area contributed by atoms with E-state index in [2.05, 4.69) is 6.92 Å². The van der Waals surface area contributed by atoms with Gasteiger partial charge in [0.25, 0.3) is 0 Å². The van der Waals surface area contributed by atoms with Gasteiger partial charge in [-0.1, -0.05) is 19.1 Å². The Morgan fingerprint density at radius 2 is 2.00 bits per heavy atom. The van der Waals surface area contributed by atoms with Gasteiger partial charge in [0.2, 0.25) is 0 Å². The Hall–Kier alpha value is -0.670. The van der Waals surface area contributed by atoms with Crippen LogP contribution in [0.25, 0.3) is 0 Å². The minimum absolute atomic E-state index is 0.685. The van der Waals surface area contributed by atoms with Crippen LogP contribution in [0.1, 0.15) is 12.5 Å². The highest BCUT2D eigenvalue weighted by molar-refractivity contribution is 7.99. The van der Waals surface area contributed by atoms with Gasteiger partial charge in [0.1, 0.15) is 0 Å². The van der Waals surface area contributed by atoms with Gasteiger partial charge >= 0.3 is 0 Å². The van der Waals surface area contributed by atoms with Crippen molar-refractivity contribution in [3.63, 3.8) is 0 Å². The highest BCUT2D eigenvalue weighted by Gasteiger charge is 1.92. The zero-order chi connectivity index (χ0) is 10.2. The van der Waals surface area contributed by atoms with Crippen molar-refractivity contribution in [3.05, 3.63) is 29.8 Å². The van der Waals surface area contributed by atoms with Gasteiger partial charge in [0.15, 0.2) is 0 Å². The van der Waals surface area contributed by atoms with E-state index in [1.807, 2.05) is 36.0 Å². The van der Waals surface area contributed by atoms with E-state index in [9.17, 15) is 0 Å². The van der Waals surface area contributed by atoms with Crippen LogP contribution in [-0.4, -0.2) is 18.1 Å². The molecule has 0 fully saturated rings. The van der Waals surface area contributed by atoms with Crippen LogP contribution >= 0.6 is 11.8 Å². The summed E-state index contributed by atoms with van der Waals surface area (Å²) in [6, 6.07) is 7.81. The summed E-state index contributed by atoms with van der Waals surface area (Å²) in [6.45, 7) is 3.66. The van der Waals surface area contributed by atoms with Gasteiger partial charge < -0.3 is 10.5 Å². The fourth-order valence-corrected chi connectivity index (χ4v) is 1.59. The molecule has 0 aliphatic rings. The first-order valence-electron chi connectivity index (χ1n) is 4.83. The number of nitrogen functional groups attached to an aromatic ring is 1. The molecule has 0 saturated heterocycles. The molecule has 2 nitrogen and oxygen atoms in total. The van der Waals surface area contributed by atoms with E-state index in [1.165, 1.54) is 5.56 Å². The first-order chi connectivity index (χ1) is 6.83. The van der Waals surface area contributed by atoms with E-state index in [1.54, 1.807) is 0 Å². The third kappa shape index (κ3) is 4.53. The molecule has 0 bridgehead atoms. The zero-order valence-corrected chi connectivity index (χ0v) is 9.35. The molecule has 1 rings (SSSR count). The summed E-state index contributed by atoms with van der Waals surface area (Å²) in [5.41, 5.74) is 7.56. The maximum absolute atomic E-state index is 5.58. The Morgan fingerprint density at radius 3 is 2.64 bits per heavy atom. The average Bonchev–Trinajstić information content (AvgIpc) is 2.21. The van der Waals surface area contributed by atoms with Gasteiger partial charge in [-0.05, 0) is 23.4 Å². The van der Waals surface area contributed by atoms with Gasteiger partial charge in [0, 0.05) is 11.4 Å². The maximum Gasteiger partial charge on any atom is 0.0717 e. The largest absolute Gasteiger partial charge is 0.399 e. The number of ether oxygens (including phenoxy) is 1. The third-order valence-corrected chi connectivity index (χ3v) is 2.69. The molecule has 0 unspecified atom stereocenters. The van der Waals surface area contributed by atoms with Gasteiger partial charge in [-0.2, -0.15) is 11.8 Å². The van der Waals surface area contributed by atoms with Crippen molar-refractivity contribution in [2.24, 2.45) is 0 Å². The molecular formula is C11H17NOS. The lowest BCUT2D eigenvalue weighted by molar-refractivity contribution is 0.136. The monoisotopic (exact) mass is 211 g/mol. The lowest BCUT2D eigenvalue weighted by Gasteiger charge is -2.03. The third-order valence-electron chi connectivity index (χ3n) is 1.82. The smallest absolute Gasteiger partial charge is 0.0717 e. The van der Waals surface area contributed by atoms with Crippen LogP contribution in [0, 0.1) is 0 Å². The number of rotatable bonds is 6. The molecule has 3 heteroatoms. The number of hydrogen-bond donors (Lipinski definition) is 1. The summed E-state index contributed by atoms with van der Waals surface area (Å²) in [4.78, 5) is 0. The van der Waals surface area contributed by atoms with Crippen molar-refractivity contribution in [2.45, 2.75) is 13.5 Å². The van der Waals surface area contributed by atoms with Crippen LogP contribution < -0.4 is 5.73 Å². The first kappa shape index (κ1) is 11.4. The van der Waals surface area contributed by atoms with Crippen molar-refractivity contribution in [1.82, 2.24) is 0 Å². The van der Waals surface area contributed by atoms with E-state index in [0.717, 1.165) is 23.8 Å². The predicted octanol–water partition coefficient (Wildman–Crippen LogP) is 2.54. The Kier molecular flexibility index (Phi) is 5.49. The second kappa shape index (κ2) is 6.74. The summed E-state index contributed by atoms with van der Waals surface area (Å²) >= 11 is 1.90. The Bertz CT molecular complexity index is 248. The summed E-state index contributed by atoms with van der Waals surface area (Å²) in [7, 11) is 0. The van der Waals surface area contributed by atoms with Crippen molar-refractivity contribution < 1.29 is 4.74 Å². The van der Waals surface area contributed by atoms with Crippen molar-refractivity contribution in [3.8, 4) is 0 Å². The molecule has 1 aromatic carbocycles. The number of thioether (sulfide) groups is 1. The molecule has 14 heavy (non-hydrogen) atoms. The molecule has 0 saturated carbocycles. The Morgan fingerprint density at radius 1 is 1.29 bits per heavy atom. The van der Waals surface area contributed by atoms with Crippen LogP contribution in [0.15, 0.2) is 24.3 Å². The van der Waals surface area contributed by atoms with Crippen LogP contribution in [0.5, 0.6) is 0 Å². The lowest BCUT2D eigenvalue weighted by Crippen LogP contribution is -1.98. The fraction of sp³-hybridized carbons (Fsp3) is 0.455. The number of anilines is 1. The summed E-state index contributed by atoms with van der Waals surface area (Å²) in [6.07, 6.45) is 0. The van der Waals surface area contributed by atoms with Crippen LogP contribution in [0.3, 0.4) is 0 Å². The normalized spacial score (nSPS) is 10.4. The van der Waals surface area contributed by atoms with E-state index in [4.69, 9.17) is 10.5 Å². The molecule has 0 radical (unpaired) electrons. The fourth-order valence-electron chi connectivity index (χ4n) is 1.07. The second-order valence-electron chi connectivity index (χ2n) is 2.99. The quantitative estimate of drug-likeness (QED) is 0.580. The standard InChI is InChI=1S/C11H17NOS/c1-2-14-8-7-13-9-10-3-5-11(12)6-4-10/h3-6H,2,7-9,12H2,1H3. The minimum Gasteiger partial charge on any atom is -0.399 e. The van der Waals surface area contributed by atoms with Crippen LogP contribution in [-0.2, 0) is 11.3 Å². The van der Waals surface area contributed by atoms with Crippen molar-refractivity contribution in [2.75, 3.05) is 23.8 Å². The molecule has 0 aliphatic heterocycles. The molecule has 0 heterocycles. The van der Waals surface area contributed by atoms with Gasteiger partial charge in [0.05, 0.1) is 13.2 Å². The van der Waals surface area contributed by atoms with E-state index >= 15 is 0 Å². The van der Waals surface area contributed by atoms with E-state index < -0.39 is 0 Å². The Balaban J connectivity index is 2.15. The van der Waals surface area contributed by atoms with Crippen LogP contribution in [0.4, 0.5) is 5.69 Å². The summed E-state index contributed by atoms with van der Waals surface area (Å²) in [5.74, 6) is 2.23. The zero-order valence-electron chi connectivity index (χ0n) is 8.53. The van der Waals surface area contributed by atoms with Crippen LogP contribution in [0.2, 0.25) is 0 Å². The molecular weight excluding hydrogens is 194 g/mol. The summed E-state index contributed by atoms with van der Waals surface area (Å²) < 4.78 is 5.50. The van der Waals surface area contributed by atoms with Crippen molar-refractivity contribution >= 4 is 17.4 Å². The number of benzene rings is 1. The topological polar surface area (TPSA) is 35.2 Å². The minimum atomic E-state index is 0.685. The lowest BCUT2D eigenvalue weighted by atomic mass is 10.2. The molecule has 78 valence electrons. The molecule has 0 aromatic heterocycles. The molecule has 0 atom stereocenters. The molecule has 1 aromatic rings. The summed E-state index contributed by atoms with van der Waals surface area (Å²) in [5, 5.41) is 0. The molecule has 0 amide bonds. The highest BCUT2D eigenvalue weighted by atomic mass is 32.2. The predicted molar refractivity (Wildman–Crippen MR) is 63.5 cm³/mol. The average molecular weight is 211 g/mol. The van der Waals surface area contributed by atoms with E-state index in [0.29, 0.717) is 6.61 Å². The molecule has 2 N–H and O–H groups in total. The highest BCUT2D eigenvalue weighted by Crippen LogP contribution is 2.07. The molecule has 0 aliphatic carbocycles. The SMILES string of the molecule is CCSCCOCc1ccc(N)cc1. The van der Waals surface area contributed by atoms with Gasteiger partial charge in [-0.3, -0.25) is 0 Å². The molecule has 0 spiro atoms. The number of hydrogen-bond acceptors (Lipinski definition) is 3. The van der Waals surface area contributed by atoms with Gasteiger partial charge in [-0.25, -0.2) is 0 Å². The van der Waals surface area contributed by atoms with E-state index in [-0.39, 0.29) is 0 Å². The van der Waals surface area contributed by atoms with Crippen molar-refractivity contribution in [1.29, 1.82) is 0 Å². The van der Waals surface area contributed by atoms with Gasteiger partial charge in [-0.15, -0.1) is 0 Å². The second-order valence-corrected chi connectivity index (χ2v) is 4.38. The number of nitrogens with two attached hydrogens (primary N) is 1.